The molecule has 162 valence electrons. The Labute approximate surface area is 180 Å². The average Bonchev–Trinajstić information content (AvgIpc) is 3.13. The number of amides is 1. The van der Waals surface area contributed by atoms with Crippen molar-refractivity contribution in [2.75, 3.05) is 20.1 Å². The first-order valence-electron chi connectivity index (χ1n) is 10.5. The van der Waals surface area contributed by atoms with Crippen LogP contribution >= 0.6 is 0 Å². The highest BCUT2D eigenvalue weighted by Crippen LogP contribution is 2.28. The van der Waals surface area contributed by atoms with Crippen molar-refractivity contribution in [1.82, 2.24) is 25.2 Å². The van der Waals surface area contributed by atoms with Gasteiger partial charge in [-0.3, -0.25) is 19.5 Å². The molecular weight excluding hydrogens is 394 g/mol. The van der Waals surface area contributed by atoms with Crippen molar-refractivity contribution in [3.63, 3.8) is 0 Å². The zero-order valence-electron chi connectivity index (χ0n) is 18.1. The molecule has 1 atom stereocenters. The lowest BCUT2D eigenvalue weighted by atomic mass is 10.1. The molecule has 1 aliphatic heterocycles. The molecule has 0 bridgehead atoms. The Morgan fingerprint density at radius 3 is 2.84 bits per heavy atom. The highest BCUT2D eigenvalue weighted by molar-refractivity contribution is 5.92. The van der Waals surface area contributed by atoms with E-state index in [1.165, 1.54) is 0 Å². The van der Waals surface area contributed by atoms with Gasteiger partial charge in [-0.2, -0.15) is 0 Å². The number of H-pyrrole nitrogens is 1. The van der Waals surface area contributed by atoms with Crippen molar-refractivity contribution in [3.05, 3.63) is 63.8 Å². The van der Waals surface area contributed by atoms with Crippen molar-refractivity contribution in [2.45, 2.75) is 38.8 Å². The number of aryl methyl sites for hydroxylation is 1. The zero-order chi connectivity index (χ0) is 22.0. The first-order chi connectivity index (χ1) is 14.9. The third kappa shape index (κ3) is 4.59. The van der Waals surface area contributed by atoms with Crippen molar-refractivity contribution in [1.29, 1.82) is 0 Å². The molecule has 1 fully saturated rings. The number of rotatable bonds is 6. The van der Waals surface area contributed by atoms with Gasteiger partial charge in [-0.1, -0.05) is 6.92 Å². The molecule has 0 unspecified atom stereocenters. The van der Waals surface area contributed by atoms with Crippen LogP contribution in [0.5, 0.6) is 5.75 Å². The number of nitrogens with one attached hydrogen (secondary N) is 2. The van der Waals surface area contributed by atoms with Crippen molar-refractivity contribution in [3.8, 4) is 5.75 Å². The normalized spacial score (nSPS) is 18.9. The minimum Gasteiger partial charge on any atom is -0.485 e. The van der Waals surface area contributed by atoms with E-state index in [0.29, 0.717) is 17.9 Å². The van der Waals surface area contributed by atoms with E-state index in [1.807, 2.05) is 25.3 Å². The third-order valence-corrected chi connectivity index (χ3v) is 5.69. The molecule has 0 aliphatic carbocycles. The molecule has 3 aromatic heterocycles. The Morgan fingerprint density at radius 1 is 1.29 bits per heavy atom. The second-order valence-corrected chi connectivity index (χ2v) is 8.22. The van der Waals surface area contributed by atoms with Gasteiger partial charge >= 0.3 is 0 Å². The van der Waals surface area contributed by atoms with Crippen LogP contribution in [0.25, 0.3) is 11.0 Å². The molecule has 3 aromatic rings. The molecule has 2 N–H and O–H groups in total. The summed E-state index contributed by atoms with van der Waals surface area (Å²) in [4.78, 5) is 37.7. The van der Waals surface area contributed by atoms with Gasteiger partial charge in [0.15, 0.2) is 0 Å². The Hall–Kier alpha value is -3.26. The van der Waals surface area contributed by atoms with E-state index in [2.05, 4.69) is 32.1 Å². The Morgan fingerprint density at radius 2 is 2.13 bits per heavy atom. The lowest BCUT2D eigenvalue weighted by Crippen LogP contribution is -2.36. The smallest absolute Gasteiger partial charge is 0.269 e. The van der Waals surface area contributed by atoms with Crippen LogP contribution in [0.4, 0.5) is 0 Å². The maximum atomic E-state index is 12.1. The number of aromatic amines is 1. The van der Waals surface area contributed by atoms with Crippen molar-refractivity contribution < 1.29 is 9.53 Å². The van der Waals surface area contributed by atoms with E-state index in [0.717, 1.165) is 48.2 Å². The van der Waals surface area contributed by atoms with Gasteiger partial charge in [0.05, 0.1) is 17.2 Å². The Bertz CT molecular complexity index is 1160. The fourth-order valence-electron chi connectivity index (χ4n) is 4.01. The summed E-state index contributed by atoms with van der Waals surface area (Å²) in [6.07, 6.45) is 5.03. The van der Waals surface area contributed by atoms with Crippen LogP contribution in [0, 0.1) is 0 Å². The molecule has 31 heavy (non-hydrogen) atoms. The van der Waals surface area contributed by atoms with Gasteiger partial charge in [-0.05, 0) is 43.2 Å². The van der Waals surface area contributed by atoms with E-state index in [9.17, 15) is 9.59 Å². The number of fused-ring (bicyclic) bond motifs is 1. The van der Waals surface area contributed by atoms with Crippen LogP contribution in [-0.2, 0) is 13.0 Å². The topological polar surface area (TPSA) is 100 Å². The second-order valence-electron chi connectivity index (χ2n) is 8.22. The van der Waals surface area contributed by atoms with E-state index in [-0.39, 0.29) is 17.1 Å². The van der Waals surface area contributed by atoms with Crippen LogP contribution < -0.4 is 15.6 Å². The maximum absolute atomic E-state index is 12.1. The number of carbonyl (C=O) groups excluding carboxylic acids is 1. The van der Waals surface area contributed by atoms with Crippen LogP contribution in [0.3, 0.4) is 0 Å². The van der Waals surface area contributed by atoms with Gasteiger partial charge < -0.3 is 15.0 Å². The van der Waals surface area contributed by atoms with Gasteiger partial charge in [0.1, 0.15) is 17.0 Å². The molecule has 1 aliphatic rings. The predicted octanol–water partition coefficient (Wildman–Crippen LogP) is 2.28. The lowest BCUT2D eigenvalue weighted by molar-refractivity contribution is 0.0938. The second kappa shape index (κ2) is 8.47. The quantitative estimate of drug-likeness (QED) is 0.633. The number of nitrogens with zero attached hydrogens (tertiary/aromatic N) is 3. The monoisotopic (exact) mass is 421 g/mol. The number of hydrogen-bond acceptors (Lipinski definition) is 6. The van der Waals surface area contributed by atoms with Gasteiger partial charge in [0, 0.05) is 44.9 Å². The molecule has 0 aromatic carbocycles. The maximum Gasteiger partial charge on any atom is 0.269 e. The molecule has 4 rings (SSSR count). The van der Waals surface area contributed by atoms with Crippen LogP contribution in [0.15, 0.2) is 41.5 Å². The molecule has 4 heterocycles. The Balaban J connectivity index is 1.42. The van der Waals surface area contributed by atoms with Crippen molar-refractivity contribution in [2.24, 2.45) is 0 Å². The molecule has 1 amide bonds. The molecule has 8 nitrogen and oxygen atoms in total. The van der Waals surface area contributed by atoms with Crippen LogP contribution in [0.2, 0.25) is 0 Å². The summed E-state index contributed by atoms with van der Waals surface area (Å²) in [5.41, 5.74) is 3.34. The van der Waals surface area contributed by atoms with Gasteiger partial charge in [0.25, 0.3) is 11.5 Å². The van der Waals surface area contributed by atoms with E-state index in [4.69, 9.17) is 4.74 Å². The average molecular weight is 422 g/mol. The minimum absolute atomic E-state index is 0.0489. The van der Waals surface area contributed by atoms with Gasteiger partial charge in [-0.25, -0.2) is 4.98 Å². The number of likely N-dealkylation sites (tertiary alicyclic amines) is 1. The minimum atomic E-state index is -0.342. The number of ether oxygens (including phenoxy) is 1. The summed E-state index contributed by atoms with van der Waals surface area (Å²) in [5, 5.41) is 2.56. The van der Waals surface area contributed by atoms with Gasteiger partial charge in [-0.15, -0.1) is 0 Å². The first kappa shape index (κ1) is 21.0. The first-order valence-corrected chi connectivity index (χ1v) is 10.5. The standard InChI is InChI=1S/C23H27N5O3/c1-4-16-10-19-20(27-21(16)29)9-15(11-25-19)13-28-8-7-23(2,14-28)31-17-5-6-18(26-12-17)22(30)24-3/h5-6,9-12H,4,7-8,13-14H2,1-3H3,(H,24,30)(H,27,29)/t23-/m1/s1. The summed E-state index contributed by atoms with van der Waals surface area (Å²) < 4.78 is 6.21. The molecule has 1 saturated heterocycles. The van der Waals surface area contributed by atoms with Crippen molar-refractivity contribution >= 4 is 16.9 Å². The van der Waals surface area contributed by atoms with Crippen LogP contribution in [0.1, 0.15) is 41.9 Å². The number of pyridine rings is 3. The summed E-state index contributed by atoms with van der Waals surface area (Å²) in [6, 6.07) is 7.30. The molecule has 0 saturated carbocycles. The summed E-state index contributed by atoms with van der Waals surface area (Å²) >= 11 is 0. The summed E-state index contributed by atoms with van der Waals surface area (Å²) in [6.45, 7) is 6.43. The summed E-state index contributed by atoms with van der Waals surface area (Å²) in [5.74, 6) is 0.426. The third-order valence-electron chi connectivity index (χ3n) is 5.69. The predicted molar refractivity (Wildman–Crippen MR) is 118 cm³/mol. The highest BCUT2D eigenvalue weighted by atomic mass is 16.5. The number of carbonyl (C=O) groups is 1. The van der Waals surface area contributed by atoms with Crippen LogP contribution in [-0.4, -0.2) is 51.5 Å². The SMILES string of the molecule is CCc1cc2ncc(CN3CC[C@@](C)(Oc4ccc(C(=O)NC)nc4)C3)cc2[nH]c1=O. The molecule has 0 spiro atoms. The summed E-state index contributed by atoms with van der Waals surface area (Å²) in [7, 11) is 1.58. The van der Waals surface area contributed by atoms with E-state index < -0.39 is 0 Å². The highest BCUT2D eigenvalue weighted by Gasteiger charge is 2.36. The Kier molecular flexibility index (Phi) is 5.73. The largest absolute Gasteiger partial charge is 0.485 e. The van der Waals surface area contributed by atoms with Gasteiger partial charge in [0.2, 0.25) is 0 Å². The molecule has 0 radical (unpaired) electrons. The van der Waals surface area contributed by atoms with E-state index in [1.54, 1.807) is 25.4 Å². The molecular formula is C23H27N5O3. The van der Waals surface area contributed by atoms with E-state index >= 15 is 0 Å². The number of aromatic nitrogens is 3. The fourth-order valence-corrected chi connectivity index (χ4v) is 4.01. The fraction of sp³-hybridized carbons (Fsp3) is 0.391. The zero-order valence-corrected chi connectivity index (χ0v) is 18.1. The molecule has 8 heteroatoms. The number of hydrogen-bond donors (Lipinski definition) is 2. The lowest BCUT2D eigenvalue weighted by Gasteiger charge is -2.26.